The van der Waals surface area contributed by atoms with Gasteiger partial charge in [0, 0.05) is 18.0 Å². The van der Waals surface area contributed by atoms with Crippen LogP contribution in [0.1, 0.15) is 50.2 Å². The van der Waals surface area contributed by atoms with E-state index in [0.717, 1.165) is 11.1 Å². The molecular formula is C30H34F3NO13. The maximum Gasteiger partial charge on any atom is 0.490 e. The number of benzene rings is 1. The lowest BCUT2D eigenvalue weighted by Crippen LogP contribution is -2.74. The van der Waals surface area contributed by atoms with Crippen LogP contribution in [0.2, 0.25) is 0 Å². The van der Waals surface area contributed by atoms with Gasteiger partial charge in [-0.25, -0.2) is 9.59 Å². The first-order chi connectivity index (χ1) is 22.0. The van der Waals surface area contributed by atoms with Crippen LogP contribution in [0.4, 0.5) is 13.2 Å². The van der Waals surface area contributed by atoms with Crippen LogP contribution in [0.5, 0.6) is 11.5 Å². The van der Waals surface area contributed by atoms with Crippen LogP contribution in [-0.4, -0.2) is 107 Å². The number of aliphatic hydroxyl groups is 1. The molecule has 258 valence electrons. The molecule has 2 aliphatic heterocycles. The number of hydrogen-bond donors (Lipinski definition) is 3. The summed E-state index contributed by atoms with van der Waals surface area (Å²) in [4.78, 5) is 59.7. The molecule has 2 heterocycles. The largest absolute Gasteiger partial charge is 0.493 e. The normalized spacial score (nSPS) is 25.8. The molecule has 1 fully saturated rings. The van der Waals surface area contributed by atoms with E-state index < -0.39 is 78.5 Å². The Morgan fingerprint density at radius 2 is 1.81 bits per heavy atom. The van der Waals surface area contributed by atoms with E-state index >= 15 is 0 Å². The van der Waals surface area contributed by atoms with E-state index in [9.17, 15) is 37.5 Å². The summed E-state index contributed by atoms with van der Waals surface area (Å²) in [6.45, 7) is 2.32. The van der Waals surface area contributed by atoms with Crippen LogP contribution >= 0.6 is 0 Å². The minimum atomic E-state index is -5.08. The highest BCUT2D eigenvalue weighted by Gasteiger charge is 2.72. The Labute approximate surface area is 265 Å². The van der Waals surface area contributed by atoms with E-state index in [2.05, 4.69) is 4.90 Å². The van der Waals surface area contributed by atoms with E-state index in [1.807, 2.05) is 19.2 Å². The predicted octanol–water partition coefficient (Wildman–Crippen LogP) is 1.88. The third-order valence-corrected chi connectivity index (χ3v) is 8.76. The molecule has 0 saturated carbocycles. The van der Waals surface area contributed by atoms with Crippen LogP contribution < -0.4 is 9.47 Å². The lowest BCUT2D eigenvalue weighted by molar-refractivity contribution is -0.192. The number of aliphatic carboxylic acids is 2. The zero-order valence-electron chi connectivity index (χ0n) is 25.6. The summed E-state index contributed by atoms with van der Waals surface area (Å²) >= 11 is 0. The molecule has 1 unspecified atom stereocenters. The summed E-state index contributed by atoms with van der Waals surface area (Å²) in [5.41, 5.74) is -0.243. The van der Waals surface area contributed by atoms with Gasteiger partial charge in [-0.15, -0.1) is 0 Å². The number of carbonyl (C=O) groups excluding carboxylic acids is 3. The number of hydrogen-bond acceptors (Lipinski definition) is 12. The first-order valence-corrected chi connectivity index (χ1v) is 14.6. The van der Waals surface area contributed by atoms with Crippen LogP contribution in [0.15, 0.2) is 24.0 Å². The van der Waals surface area contributed by atoms with Crippen LogP contribution in [-0.2, 0) is 50.0 Å². The third kappa shape index (κ3) is 6.58. The van der Waals surface area contributed by atoms with Crippen molar-refractivity contribution in [3.63, 3.8) is 0 Å². The smallest absolute Gasteiger partial charge is 0.490 e. The molecule has 4 aliphatic rings. The van der Waals surface area contributed by atoms with Crippen molar-refractivity contribution in [1.82, 2.24) is 4.90 Å². The van der Waals surface area contributed by atoms with E-state index in [4.69, 9.17) is 38.7 Å². The quantitative estimate of drug-likeness (QED) is 0.241. The minimum Gasteiger partial charge on any atom is -0.493 e. The van der Waals surface area contributed by atoms with Gasteiger partial charge in [0.1, 0.15) is 5.76 Å². The lowest BCUT2D eigenvalue weighted by atomic mass is 9.50. The molecule has 5 rings (SSSR count). The number of ether oxygens (including phenoxy) is 5. The van der Waals surface area contributed by atoms with Crippen molar-refractivity contribution in [1.29, 1.82) is 0 Å². The zero-order chi connectivity index (χ0) is 34.9. The monoisotopic (exact) mass is 673 g/mol. The second kappa shape index (κ2) is 13.4. The van der Waals surface area contributed by atoms with E-state index in [1.165, 1.54) is 7.11 Å². The molecule has 0 aromatic heterocycles. The number of carbonyl (C=O) groups is 5. The number of carboxylic acids is 2. The number of piperidine rings is 1. The summed E-state index contributed by atoms with van der Waals surface area (Å²) in [7, 11) is 3.51. The molecule has 1 aromatic carbocycles. The fourth-order valence-electron chi connectivity index (χ4n) is 6.74. The molecular weight excluding hydrogens is 639 g/mol. The molecule has 1 spiro atoms. The fourth-order valence-corrected chi connectivity index (χ4v) is 6.74. The zero-order valence-corrected chi connectivity index (χ0v) is 25.6. The Morgan fingerprint density at radius 3 is 2.40 bits per heavy atom. The van der Waals surface area contributed by atoms with Crippen molar-refractivity contribution in [3.05, 3.63) is 35.1 Å². The van der Waals surface area contributed by atoms with E-state index in [-0.39, 0.29) is 24.8 Å². The number of halogens is 3. The van der Waals surface area contributed by atoms with Crippen molar-refractivity contribution >= 4 is 29.8 Å². The van der Waals surface area contributed by atoms with Crippen molar-refractivity contribution < 1.29 is 76.1 Å². The molecule has 1 aromatic rings. The average molecular weight is 674 g/mol. The molecule has 0 radical (unpaired) electrons. The van der Waals surface area contributed by atoms with Crippen molar-refractivity contribution in [2.24, 2.45) is 0 Å². The molecule has 1 saturated heterocycles. The molecule has 5 atom stereocenters. The molecule has 0 amide bonds. The number of likely N-dealkylation sites (N-methyl/N-ethyl adjacent to an activating group) is 1. The first kappa shape index (κ1) is 35.5. The molecule has 14 nitrogen and oxygen atoms in total. The summed E-state index contributed by atoms with van der Waals surface area (Å²) in [6, 6.07) is 3.61. The Kier molecular flexibility index (Phi) is 10.1. The van der Waals surface area contributed by atoms with Crippen LogP contribution in [0.3, 0.4) is 0 Å². The van der Waals surface area contributed by atoms with Gasteiger partial charge in [0.25, 0.3) is 0 Å². The molecule has 2 bridgehead atoms. The van der Waals surface area contributed by atoms with E-state index in [0.29, 0.717) is 30.9 Å². The second-order valence-electron chi connectivity index (χ2n) is 11.4. The molecule has 2 aliphatic carbocycles. The highest BCUT2D eigenvalue weighted by atomic mass is 19.4. The second-order valence-corrected chi connectivity index (χ2v) is 11.4. The van der Waals surface area contributed by atoms with Gasteiger partial charge in [-0.1, -0.05) is 6.07 Å². The van der Waals surface area contributed by atoms with Crippen LogP contribution in [0, 0.1) is 0 Å². The van der Waals surface area contributed by atoms with Crippen molar-refractivity contribution in [2.45, 2.75) is 80.9 Å². The number of alkyl halides is 3. The topological polar surface area (TPSA) is 195 Å². The number of esters is 3. The lowest BCUT2D eigenvalue weighted by Gasteiger charge is -2.61. The Bertz CT molecular complexity index is 1480. The van der Waals surface area contributed by atoms with Crippen molar-refractivity contribution in [2.75, 3.05) is 27.3 Å². The Hall–Kier alpha value is -4.38. The van der Waals surface area contributed by atoms with Crippen molar-refractivity contribution in [3.8, 4) is 11.5 Å². The maximum atomic E-state index is 13.4. The Balaban J connectivity index is 0.000000644. The number of carboxylic acid groups (broad SMARTS) is 2. The predicted molar refractivity (Wildman–Crippen MR) is 149 cm³/mol. The van der Waals surface area contributed by atoms with Gasteiger partial charge in [0.05, 0.1) is 44.0 Å². The standard InChI is InChI=1S/C28H33NO11.C2HF3O2/c1-4-37-22(33)14-18(38-21(32)8-7-20(30)31)26(34)39-17-9-10-28(35)19-13-15-5-6-16(36-3)24-23(15)27(28,25(17)40-24)11-12-29(19)2;3-2(4,5)1(6)7/h5-6,9,18-19,25,35H,4,7-8,10-14H2,1-3H3,(H,30,31);(H,6,7)/t18?,19-,25+,27+,28-;/m1./s1. The fraction of sp³-hybridized carbons (Fsp3) is 0.567. The molecule has 47 heavy (non-hydrogen) atoms. The van der Waals surface area contributed by atoms with Crippen LogP contribution in [0.25, 0.3) is 0 Å². The Morgan fingerprint density at radius 1 is 1.13 bits per heavy atom. The van der Waals surface area contributed by atoms with Gasteiger partial charge in [0.15, 0.2) is 17.6 Å². The molecule has 3 N–H and O–H groups in total. The minimum absolute atomic E-state index is 0.0494. The number of methoxy groups -OCH3 is 1. The number of rotatable bonds is 10. The van der Waals surface area contributed by atoms with Gasteiger partial charge >= 0.3 is 36.0 Å². The maximum absolute atomic E-state index is 13.4. The number of nitrogens with zero attached hydrogens (tertiary/aromatic N) is 1. The van der Waals surface area contributed by atoms with Gasteiger partial charge < -0.3 is 43.9 Å². The van der Waals surface area contributed by atoms with Gasteiger partial charge in [-0.05, 0) is 51.1 Å². The van der Waals surface area contributed by atoms with Gasteiger partial charge in [-0.3, -0.25) is 14.4 Å². The SMILES string of the molecule is CCOC(=O)CC(OC(=O)CCC(=O)O)C(=O)OC1=CC[C@@]2(O)[C@H]3Cc4ccc(OC)c5c4[C@@]2(CCN3C)[C@H]1O5.O=C(O)C(F)(F)F. The highest BCUT2D eigenvalue weighted by molar-refractivity contribution is 5.86. The summed E-state index contributed by atoms with van der Waals surface area (Å²) in [5, 5.41) is 28.3. The number of likely N-dealkylation sites (tertiary alicyclic amines) is 1. The van der Waals surface area contributed by atoms with E-state index in [1.54, 1.807) is 13.0 Å². The van der Waals surface area contributed by atoms with Gasteiger partial charge in [0.2, 0.25) is 6.10 Å². The third-order valence-electron chi connectivity index (χ3n) is 8.76. The summed E-state index contributed by atoms with van der Waals surface area (Å²) in [6.07, 6.45) is -6.27. The highest BCUT2D eigenvalue weighted by Crippen LogP contribution is 2.65. The summed E-state index contributed by atoms with van der Waals surface area (Å²) < 4.78 is 59.6. The first-order valence-electron chi connectivity index (χ1n) is 14.6. The molecule has 17 heteroatoms. The summed E-state index contributed by atoms with van der Waals surface area (Å²) in [5.74, 6) is -5.62. The average Bonchev–Trinajstić information content (AvgIpc) is 3.35. The van der Waals surface area contributed by atoms with Gasteiger partial charge in [-0.2, -0.15) is 13.2 Å².